The van der Waals surface area contributed by atoms with Gasteiger partial charge in [-0.1, -0.05) is 30.3 Å². The minimum Gasteiger partial charge on any atom is -0.371 e. The van der Waals surface area contributed by atoms with E-state index >= 15 is 0 Å². The number of fused-ring (bicyclic) bond motifs is 1. The summed E-state index contributed by atoms with van der Waals surface area (Å²) in [5.74, 6) is -1.95. The molecule has 1 unspecified atom stereocenters. The predicted octanol–water partition coefficient (Wildman–Crippen LogP) is 1.58. The van der Waals surface area contributed by atoms with Crippen molar-refractivity contribution in [1.82, 2.24) is 10.2 Å². The number of nitrogens with one attached hydrogen (secondary N) is 1. The van der Waals surface area contributed by atoms with Crippen LogP contribution in [0.5, 0.6) is 0 Å². The van der Waals surface area contributed by atoms with Crippen LogP contribution in [0.25, 0.3) is 0 Å². The molecule has 2 saturated heterocycles. The average molecular weight is 447 g/mol. The number of carbonyl (C=O) groups excluding carboxylic acids is 4. The van der Waals surface area contributed by atoms with Gasteiger partial charge in [-0.05, 0) is 43.0 Å². The van der Waals surface area contributed by atoms with Crippen molar-refractivity contribution >= 4 is 29.3 Å². The Kier molecular flexibility index (Phi) is 5.25. The van der Waals surface area contributed by atoms with Gasteiger partial charge in [0.15, 0.2) is 0 Å². The second-order valence-electron chi connectivity index (χ2n) is 9.01. The number of amides is 4. The predicted molar refractivity (Wildman–Crippen MR) is 122 cm³/mol. The maximum atomic E-state index is 13.1. The fraction of sp³-hybridized carbons (Fsp3) is 0.360. The largest absolute Gasteiger partial charge is 0.371 e. The zero-order chi connectivity index (χ0) is 23.2. The van der Waals surface area contributed by atoms with Crippen LogP contribution in [0.4, 0.5) is 5.69 Å². The second-order valence-corrected chi connectivity index (χ2v) is 9.01. The summed E-state index contributed by atoms with van der Waals surface area (Å²) in [7, 11) is 0. The van der Waals surface area contributed by atoms with E-state index in [0.29, 0.717) is 17.7 Å². The quantitative estimate of drug-likeness (QED) is 0.690. The fourth-order valence-corrected chi connectivity index (χ4v) is 5.25. The third-order valence-electron chi connectivity index (χ3n) is 7.29. The SMILES string of the molecule is NCC1(c2ccccc2)CCN(c2ccc3c(c2)C(=O)N(C2CCC(=O)NC2=O)C3=O)CC1. The number of hydrogen-bond acceptors (Lipinski definition) is 6. The number of anilines is 1. The molecule has 0 aromatic heterocycles. The van der Waals surface area contributed by atoms with E-state index in [9.17, 15) is 19.2 Å². The summed E-state index contributed by atoms with van der Waals surface area (Å²) in [4.78, 5) is 53.0. The van der Waals surface area contributed by atoms with Gasteiger partial charge in [-0.15, -0.1) is 0 Å². The van der Waals surface area contributed by atoms with Crippen LogP contribution in [0.2, 0.25) is 0 Å². The van der Waals surface area contributed by atoms with Crippen molar-refractivity contribution in [2.24, 2.45) is 5.73 Å². The van der Waals surface area contributed by atoms with Crippen LogP contribution in [0, 0.1) is 0 Å². The van der Waals surface area contributed by atoms with Crippen LogP contribution in [0.15, 0.2) is 48.5 Å². The summed E-state index contributed by atoms with van der Waals surface area (Å²) < 4.78 is 0. The van der Waals surface area contributed by atoms with Gasteiger partial charge in [0.1, 0.15) is 6.04 Å². The first-order valence-electron chi connectivity index (χ1n) is 11.3. The maximum absolute atomic E-state index is 13.1. The van der Waals surface area contributed by atoms with Crippen molar-refractivity contribution in [3.05, 3.63) is 65.2 Å². The van der Waals surface area contributed by atoms with E-state index in [-0.39, 0.29) is 24.2 Å². The van der Waals surface area contributed by atoms with Gasteiger partial charge in [0.2, 0.25) is 11.8 Å². The molecule has 1 atom stereocenters. The molecule has 3 N–H and O–H groups in total. The molecule has 0 spiro atoms. The van der Waals surface area contributed by atoms with Crippen molar-refractivity contribution in [3.8, 4) is 0 Å². The molecule has 8 nitrogen and oxygen atoms in total. The van der Waals surface area contributed by atoms with Gasteiger partial charge in [-0.25, -0.2) is 0 Å². The second kappa shape index (κ2) is 8.12. The van der Waals surface area contributed by atoms with E-state index in [1.54, 1.807) is 12.1 Å². The van der Waals surface area contributed by atoms with Gasteiger partial charge in [0.25, 0.3) is 11.8 Å². The standard InChI is InChI=1S/C25H26N4O4/c26-15-25(16-4-2-1-3-5-16)10-12-28(13-11-25)17-6-7-18-19(14-17)24(33)29(23(18)32)20-8-9-21(30)27-22(20)31/h1-7,14,20H,8-13,15,26H2,(H,27,30,31). The Bertz CT molecular complexity index is 1140. The van der Waals surface area contributed by atoms with Gasteiger partial charge >= 0.3 is 0 Å². The molecule has 170 valence electrons. The average Bonchev–Trinajstić information content (AvgIpc) is 3.09. The van der Waals surface area contributed by atoms with Crippen LogP contribution in [-0.2, 0) is 15.0 Å². The zero-order valence-electron chi connectivity index (χ0n) is 18.3. The molecule has 4 amide bonds. The van der Waals surface area contributed by atoms with Crippen molar-refractivity contribution < 1.29 is 19.2 Å². The summed E-state index contributed by atoms with van der Waals surface area (Å²) in [6.07, 6.45) is 2.03. The lowest BCUT2D eigenvalue weighted by molar-refractivity contribution is -0.136. The first kappa shape index (κ1) is 21.3. The molecule has 5 rings (SSSR count). The van der Waals surface area contributed by atoms with E-state index in [1.807, 2.05) is 24.3 Å². The molecule has 2 fully saturated rings. The minimum atomic E-state index is -0.954. The Hall–Kier alpha value is -3.52. The van der Waals surface area contributed by atoms with E-state index in [2.05, 4.69) is 22.3 Å². The van der Waals surface area contributed by atoms with Crippen LogP contribution in [0.3, 0.4) is 0 Å². The zero-order valence-corrected chi connectivity index (χ0v) is 18.3. The highest BCUT2D eigenvalue weighted by atomic mass is 16.2. The summed E-state index contributed by atoms with van der Waals surface area (Å²) >= 11 is 0. The van der Waals surface area contributed by atoms with Crippen molar-refractivity contribution in [2.45, 2.75) is 37.1 Å². The molecule has 3 aliphatic heterocycles. The van der Waals surface area contributed by atoms with Crippen LogP contribution in [-0.4, -0.2) is 54.2 Å². The molecule has 3 aliphatic rings. The number of rotatable bonds is 4. The number of nitrogens with zero attached hydrogens (tertiary/aromatic N) is 2. The van der Waals surface area contributed by atoms with E-state index < -0.39 is 23.8 Å². The Labute approximate surface area is 191 Å². The molecule has 2 aromatic rings. The van der Waals surface area contributed by atoms with Crippen molar-refractivity contribution in [2.75, 3.05) is 24.5 Å². The Morgan fingerprint density at radius 1 is 0.939 bits per heavy atom. The number of piperidine rings is 2. The summed E-state index contributed by atoms with van der Waals surface area (Å²) in [5, 5.41) is 2.22. The summed E-state index contributed by atoms with van der Waals surface area (Å²) in [6.45, 7) is 2.14. The lowest BCUT2D eigenvalue weighted by Crippen LogP contribution is -2.54. The molecule has 8 heteroatoms. The number of benzene rings is 2. The van der Waals surface area contributed by atoms with Crippen LogP contribution in [0.1, 0.15) is 52.0 Å². The smallest absolute Gasteiger partial charge is 0.262 e. The summed E-state index contributed by atoms with van der Waals surface area (Å²) in [6, 6.07) is 14.7. The molecular formula is C25H26N4O4. The minimum absolute atomic E-state index is 0.0666. The highest BCUT2D eigenvalue weighted by Crippen LogP contribution is 2.37. The van der Waals surface area contributed by atoms with Crippen molar-refractivity contribution in [1.29, 1.82) is 0 Å². The van der Waals surface area contributed by atoms with E-state index in [0.717, 1.165) is 36.5 Å². The summed E-state index contributed by atoms with van der Waals surface area (Å²) in [5.41, 5.74) is 8.87. The highest BCUT2D eigenvalue weighted by Gasteiger charge is 2.45. The normalized spacial score (nSPS) is 22.4. The lowest BCUT2D eigenvalue weighted by Gasteiger charge is -2.42. The van der Waals surface area contributed by atoms with E-state index in [1.165, 1.54) is 5.56 Å². The van der Waals surface area contributed by atoms with Gasteiger partial charge < -0.3 is 10.6 Å². The van der Waals surface area contributed by atoms with Gasteiger partial charge in [0.05, 0.1) is 11.1 Å². The molecular weight excluding hydrogens is 420 g/mol. The molecule has 0 saturated carbocycles. The molecule has 33 heavy (non-hydrogen) atoms. The Morgan fingerprint density at radius 2 is 1.64 bits per heavy atom. The lowest BCUT2D eigenvalue weighted by atomic mass is 9.73. The van der Waals surface area contributed by atoms with Gasteiger partial charge in [-0.3, -0.25) is 29.4 Å². The Balaban J connectivity index is 1.35. The number of nitrogens with two attached hydrogens (primary N) is 1. The maximum Gasteiger partial charge on any atom is 0.262 e. The third kappa shape index (κ3) is 3.51. The first-order chi connectivity index (χ1) is 15.9. The number of imide groups is 2. The van der Waals surface area contributed by atoms with E-state index in [4.69, 9.17) is 5.73 Å². The molecule has 2 aromatic carbocycles. The Morgan fingerprint density at radius 3 is 2.30 bits per heavy atom. The number of carbonyl (C=O) groups is 4. The number of hydrogen-bond donors (Lipinski definition) is 2. The monoisotopic (exact) mass is 446 g/mol. The molecule has 3 heterocycles. The molecule has 0 aliphatic carbocycles. The van der Waals surface area contributed by atoms with Gasteiger partial charge in [-0.2, -0.15) is 0 Å². The fourth-order valence-electron chi connectivity index (χ4n) is 5.25. The van der Waals surface area contributed by atoms with Crippen LogP contribution >= 0.6 is 0 Å². The van der Waals surface area contributed by atoms with Gasteiger partial charge in [0, 0.05) is 37.2 Å². The van der Waals surface area contributed by atoms with Crippen molar-refractivity contribution in [3.63, 3.8) is 0 Å². The first-order valence-corrected chi connectivity index (χ1v) is 11.3. The molecule has 0 bridgehead atoms. The molecule has 0 radical (unpaired) electrons. The topological polar surface area (TPSA) is 113 Å². The van der Waals surface area contributed by atoms with Crippen LogP contribution < -0.4 is 16.0 Å². The third-order valence-corrected chi connectivity index (χ3v) is 7.29. The highest BCUT2D eigenvalue weighted by molar-refractivity contribution is 6.23.